The smallest absolute Gasteiger partial charge is 0.275 e. The number of hydrogen-bond acceptors (Lipinski definition) is 4. The fraction of sp³-hybridized carbons (Fsp3) is 0. The maximum absolute atomic E-state index is 13.6. The SMILES string of the molecule is O=C(Nc1cccc(F)c1)c1cnc(Nc2c(F)cccc2F)cn1. The van der Waals surface area contributed by atoms with Gasteiger partial charge in [0.05, 0.1) is 12.4 Å². The summed E-state index contributed by atoms with van der Waals surface area (Å²) in [5.74, 6) is -2.59. The number of nitrogens with one attached hydrogen (secondary N) is 2. The summed E-state index contributed by atoms with van der Waals surface area (Å²) in [6.45, 7) is 0. The number of para-hydroxylation sites is 1. The minimum atomic E-state index is -0.783. The van der Waals surface area contributed by atoms with Crippen molar-refractivity contribution >= 4 is 23.1 Å². The zero-order valence-corrected chi connectivity index (χ0v) is 12.6. The fourth-order valence-corrected chi connectivity index (χ4v) is 2.02. The van der Waals surface area contributed by atoms with Gasteiger partial charge in [0.15, 0.2) is 0 Å². The maximum Gasteiger partial charge on any atom is 0.275 e. The first kappa shape index (κ1) is 16.4. The molecule has 25 heavy (non-hydrogen) atoms. The standard InChI is InChI=1S/C17H11F3N4O/c18-10-3-1-4-11(7-10)23-17(25)14-8-22-15(9-21-14)24-16-12(19)5-2-6-13(16)20/h1-9H,(H,22,24)(H,23,25). The molecule has 0 bridgehead atoms. The molecule has 0 unspecified atom stereocenters. The van der Waals surface area contributed by atoms with Gasteiger partial charge in [-0.2, -0.15) is 0 Å². The van der Waals surface area contributed by atoms with E-state index in [-0.39, 0.29) is 22.9 Å². The van der Waals surface area contributed by atoms with Crippen LogP contribution in [0.5, 0.6) is 0 Å². The van der Waals surface area contributed by atoms with Crippen molar-refractivity contribution in [3.05, 3.63) is 78.0 Å². The molecule has 0 radical (unpaired) electrons. The quantitative estimate of drug-likeness (QED) is 0.753. The van der Waals surface area contributed by atoms with E-state index >= 15 is 0 Å². The van der Waals surface area contributed by atoms with Crippen LogP contribution in [-0.2, 0) is 0 Å². The van der Waals surface area contributed by atoms with E-state index in [1.54, 1.807) is 0 Å². The summed E-state index contributed by atoms with van der Waals surface area (Å²) in [5.41, 5.74) is -0.139. The van der Waals surface area contributed by atoms with E-state index in [1.165, 1.54) is 24.3 Å². The van der Waals surface area contributed by atoms with Crippen molar-refractivity contribution < 1.29 is 18.0 Å². The monoisotopic (exact) mass is 344 g/mol. The number of anilines is 3. The van der Waals surface area contributed by atoms with Crippen LogP contribution < -0.4 is 10.6 Å². The van der Waals surface area contributed by atoms with Gasteiger partial charge in [-0.1, -0.05) is 12.1 Å². The van der Waals surface area contributed by atoms with E-state index in [2.05, 4.69) is 20.6 Å². The van der Waals surface area contributed by atoms with E-state index in [0.717, 1.165) is 30.6 Å². The van der Waals surface area contributed by atoms with E-state index in [1.807, 2.05) is 0 Å². The average molecular weight is 344 g/mol. The summed E-state index contributed by atoms with van der Waals surface area (Å²) >= 11 is 0. The molecule has 0 saturated carbocycles. The molecule has 126 valence electrons. The van der Waals surface area contributed by atoms with Gasteiger partial charge >= 0.3 is 0 Å². The molecule has 3 rings (SSSR count). The third-order valence-electron chi connectivity index (χ3n) is 3.18. The molecule has 5 nitrogen and oxygen atoms in total. The molecule has 0 aliphatic carbocycles. The summed E-state index contributed by atoms with van der Waals surface area (Å²) in [6, 6.07) is 8.80. The van der Waals surface area contributed by atoms with Crippen LogP contribution >= 0.6 is 0 Å². The van der Waals surface area contributed by atoms with Crippen LogP contribution in [0.3, 0.4) is 0 Å². The molecule has 1 aromatic heterocycles. The number of hydrogen-bond donors (Lipinski definition) is 2. The highest BCUT2D eigenvalue weighted by molar-refractivity contribution is 6.02. The number of rotatable bonds is 4. The molecule has 1 amide bonds. The number of aromatic nitrogens is 2. The lowest BCUT2D eigenvalue weighted by molar-refractivity contribution is 0.102. The molecule has 0 saturated heterocycles. The Morgan fingerprint density at radius 3 is 2.28 bits per heavy atom. The maximum atomic E-state index is 13.6. The van der Waals surface area contributed by atoms with Crippen LogP contribution in [0.15, 0.2) is 54.9 Å². The highest BCUT2D eigenvalue weighted by Crippen LogP contribution is 2.21. The number of carbonyl (C=O) groups is 1. The second-order valence-corrected chi connectivity index (χ2v) is 4.97. The second-order valence-electron chi connectivity index (χ2n) is 4.97. The molecule has 1 heterocycles. The Hall–Kier alpha value is -3.42. The third kappa shape index (κ3) is 3.92. The second kappa shape index (κ2) is 7.00. The lowest BCUT2D eigenvalue weighted by Crippen LogP contribution is -2.14. The van der Waals surface area contributed by atoms with Crippen molar-refractivity contribution in [1.29, 1.82) is 0 Å². The van der Waals surface area contributed by atoms with Crippen molar-refractivity contribution in [3.63, 3.8) is 0 Å². The minimum Gasteiger partial charge on any atom is -0.334 e. The molecule has 8 heteroatoms. The van der Waals surface area contributed by atoms with Crippen LogP contribution in [0.2, 0.25) is 0 Å². The molecule has 0 fully saturated rings. The van der Waals surface area contributed by atoms with Gasteiger partial charge in [-0.15, -0.1) is 0 Å². The van der Waals surface area contributed by atoms with Gasteiger partial charge in [0.1, 0.15) is 34.7 Å². The minimum absolute atomic E-state index is 0.0381. The zero-order chi connectivity index (χ0) is 17.8. The summed E-state index contributed by atoms with van der Waals surface area (Å²) in [4.78, 5) is 19.8. The van der Waals surface area contributed by atoms with Crippen LogP contribution in [0.25, 0.3) is 0 Å². The highest BCUT2D eigenvalue weighted by atomic mass is 19.1. The summed E-state index contributed by atoms with van der Waals surface area (Å²) in [5, 5.41) is 4.92. The van der Waals surface area contributed by atoms with Crippen molar-refractivity contribution in [1.82, 2.24) is 9.97 Å². The van der Waals surface area contributed by atoms with Gasteiger partial charge in [0.2, 0.25) is 0 Å². The average Bonchev–Trinajstić information content (AvgIpc) is 2.59. The van der Waals surface area contributed by atoms with Crippen LogP contribution in [0.1, 0.15) is 10.5 Å². The summed E-state index contributed by atoms with van der Waals surface area (Å²) in [6.07, 6.45) is 2.29. The topological polar surface area (TPSA) is 66.9 Å². The van der Waals surface area contributed by atoms with Crippen molar-refractivity contribution in [2.75, 3.05) is 10.6 Å². The first-order valence-electron chi connectivity index (χ1n) is 7.13. The number of amides is 1. The predicted molar refractivity (Wildman–Crippen MR) is 86.0 cm³/mol. The largest absolute Gasteiger partial charge is 0.334 e. The van der Waals surface area contributed by atoms with Gasteiger partial charge in [0, 0.05) is 5.69 Å². The number of carbonyl (C=O) groups excluding carboxylic acids is 1. The Morgan fingerprint density at radius 1 is 0.920 bits per heavy atom. The van der Waals surface area contributed by atoms with E-state index in [0.29, 0.717) is 0 Å². The number of halogens is 3. The van der Waals surface area contributed by atoms with Gasteiger partial charge in [-0.3, -0.25) is 4.79 Å². The van der Waals surface area contributed by atoms with Crippen molar-refractivity contribution in [2.45, 2.75) is 0 Å². The summed E-state index contributed by atoms with van der Waals surface area (Å²) in [7, 11) is 0. The number of nitrogens with zero attached hydrogens (tertiary/aromatic N) is 2. The van der Waals surface area contributed by atoms with Crippen molar-refractivity contribution in [3.8, 4) is 0 Å². The molecule has 0 aliphatic rings. The predicted octanol–water partition coefficient (Wildman–Crippen LogP) is 3.89. The van der Waals surface area contributed by atoms with Gasteiger partial charge < -0.3 is 10.6 Å². The first-order valence-corrected chi connectivity index (χ1v) is 7.13. The molecular weight excluding hydrogens is 333 g/mol. The normalized spacial score (nSPS) is 10.4. The lowest BCUT2D eigenvalue weighted by Gasteiger charge is -2.08. The third-order valence-corrected chi connectivity index (χ3v) is 3.18. The summed E-state index contributed by atoms with van der Waals surface area (Å²) < 4.78 is 40.2. The Kier molecular flexibility index (Phi) is 4.60. The molecule has 2 aromatic carbocycles. The van der Waals surface area contributed by atoms with E-state index < -0.39 is 23.4 Å². The molecule has 0 aliphatic heterocycles. The van der Waals surface area contributed by atoms with Crippen LogP contribution in [-0.4, -0.2) is 15.9 Å². The highest BCUT2D eigenvalue weighted by Gasteiger charge is 2.12. The van der Waals surface area contributed by atoms with Gasteiger partial charge in [-0.25, -0.2) is 23.1 Å². The Balaban J connectivity index is 1.72. The molecule has 0 spiro atoms. The van der Waals surface area contributed by atoms with Crippen LogP contribution in [0.4, 0.5) is 30.4 Å². The molecular formula is C17H11F3N4O. The molecule has 2 N–H and O–H groups in total. The fourth-order valence-electron chi connectivity index (χ4n) is 2.02. The molecule has 0 atom stereocenters. The first-order chi connectivity index (χ1) is 12.0. The Bertz CT molecular complexity index is 896. The van der Waals surface area contributed by atoms with Crippen LogP contribution in [0, 0.1) is 17.5 Å². The van der Waals surface area contributed by atoms with Gasteiger partial charge in [-0.05, 0) is 30.3 Å². The molecule has 3 aromatic rings. The number of benzene rings is 2. The lowest BCUT2D eigenvalue weighted by atomic mass is 10.3. The Labute approximate surface area is 140 Å². The van der Waals surface area contributed by atoms with E-state index in [4.69, 9.17) is 0 Å². The van der Waals surface area contributed by atoms with E-state index in [9.17, 15) is 18.0 Å². The Morgan fingerprint density at radius 2 is 1.64 bits per heavy atom. The van der Waals surface area contributed by atoms with Crippen molar-refractivity contribution in [2.24, 2.45) is 0 Å². The zero-order valence-electron chi connectivity index (χ0n) is 12.6. The van der Waals surface area contributed by atoms with Gasteiger partial charge in [0.25, 0.3) is 5.91 Å².